The van der Waals surface area contributed by atoms with Gasteiger partial charge >= 0.3 is 6.01 Å². The van der Waals surface area contributed by atoms with Crippen molar-refractivity contribution in [2.45, 2.75) is 38.6 Å². The predicted molar refractivity (Wildman–Crippen MR) is 120 cm³/mol. The van der Waals surface area contributed by atoms with Gasteiger partial charge in [0.15, 0.2) is 0 Å². The second-order valence-electron chi connectivity index (χ2n) is 7.58. The number of fused-ring (bicyclic) bond motifs is 3. The van der Waals surface area contributed by atoms with Gasteiger partial charge in [-0.2, -0.15) is 9.97 Å². The van der Waals surface area contributed by atoms with Gasteiger partial charge in [0.25, 0.3) is 0 Å². The third-order valence-electron chi connectivity index (χ3n) is 5.78. The van der Waals surface area contributed by atoms with Crippen molar-refractivity contribution in [1.82, 2.24) is 14.5 Å². The maximum absolute atomic E-state index is 5.79. The number of rotatable bonds is 9. The van der Waals surface area contributed by atoms with E-state index in [1.165, 1.54) is 35.0 Å². The number of hydrogen-bond acceptors (Lipinski definition) is 6. The van der Waals surface area contributed by atoms with Crippen molar-refractivity contribution in [1.29, 1.82) is 0 Å². The Balaban J connectivity index is 1.51. The highest BCUT2D eigenvalue weighted by Crippen LogP contribution is 2.34. The van der Waals surface area contributed by atoms with Gasteiger partial charge in [-0.05, 0) is 55.9 Å². The van der Waals surface area contributed by atoms with Crippen LogP contribution in [0.3, 0.4) is 0 Å². The standard InChI is InChI=1S/C24H29N3O4/c1-16(28-2)17-10-11-21-19(14-17)18-8-5-6-9-20(18)27(21)12-7-13-31-24-25-22(29-3)15-23(26-24)30-4/h10-11,14-15H,1,5-9,12-13H2,2-4H3. The molecule has 0 atom stereocenters. The van der Waals surface area contributed by atoms with Crippen molar-refractivity contribution in [3.63, 3.8) is 0 Å². The lowest BCUT2D eigenvalue weighted by Gasteiger charge is -2.16. The first-order valence-corrected chi connectivity index (χ1v) is 10.6. The Bertz CT molecular complexity index is 1070. The molecule has 0 radical (unpaired) electrons. The lowest BCUT2D eigenvalue weighted by molar-refractivity contribution is 0.265. The van der Waals surface area contributed by atoms with Crippen LogP contribution in [-0.4, -0.2) is 42.5 Å². The summed E-state index contributed by atoms with van der Waals surface area (Å²) in [6.07, 6.45) is 5.54. The van der Waals surface area contributed by atoms with E-state index in [2.05, 4.69) is 39.3 Å². The number of hydrogen-bond donors (Lipinski definition) is 0. The molecule has 3 aromatic rings. The van der Waals surface area contributed by atoms with Crippen molar-refractivity contribution in [2.75, 3.05) is 27.9 Å². The first-order chi connectivity index (χ1) is 15.1. The van der Waals surface area contributed by atoms with Crippen LogP contribution in [0.4, 0.5) is 0 Å². The lowest BCUT2D eigenvalue weighted by Crippen LogP contribution is -2.11. The average molecular weight is 424 g/mol. The highest BCUT2D eigenvalue weighted by molar-refractivity contribution is 5.88. The van der Waals surface area contributed by atoms with Gasteiger partial charge in [-0.15, -0.1) is 0 Å². The number of ether oxygens (including phenoxy) is 4. The van der Waals surface area contributed by atoms with Crippen molar-refractivity contribution >= 4 is 16.7 Å². The van der Waals surface area contributed by atoms with Crippen molar-refractivity contribution < 1.29 is 18.9 Å². The van der Waals surface area contributed by atoms with Crippen LogP contribution in [0.25, 0.3) is 16.7 Å². The molecule has 0 N–H and O–H groups in total. The minimum Gasteiger partial charge on any atom is -0.497 e. The summed E-state index contributed by atoms with van der Waals surface area (Å²) in [5.41, 5.74) is 5.21. The quantitative estimate of drug-likeness (QED) is 0.375. The molecule has 0 saturated heterocycles. The molecule has 2 heterocycles. The Morgan fingerprint density at radius 3 is 2.48 bits per heavy atom. The fraction of sp³-hybridized carbons (Fsp3) is 0.417. The Morgan fingerprint density at radius 1 is 1.03 bits per heavy atom. The minimum absolute atomic E-state index is 0.262. The maximum Gasteiger partial charge on any atom is 0.323 e. The number of aryl methyl sites for hydroxylation is 2. The molecule has 7 nitrogen and oxygen atoms in total. The molecule has 31 heavy (non-hydrogen) atoms. The van der Waals surface area contributed by atoms with Gasteiger partial charge < -0.3 is 23.5 Å². The van der Waals surface area contributed by atoms with Crippen molar-refractivity contribution in [3.05, 3.63) is 47.7 Å². The van der Waals surface area contributed by atoms with Crippen LogP contribution < -0.4 is 14.2 Å². The van der Waals surface area contributed by atoms with Crippen LogP contribution >= 0.6 is 0 Å². The zero-order valence-electron chi connectivity index (χ0n) is 18.4. The van der Waals surface area contributed by atoms with E-state index in [0.717, 1.165) is 31.4 Å². The molecule has 0 fully saturated rings. The summed E-state index contributed by atoms with van der Waals surface area (Å²) in [6, 6.07) is 8.37. The number of nitrogens with zero attached hydrogens (tertiary/aromatic N) is 3. The summed E-state index contributed by atoms with van der Waals surface area (Å²) in [6.45, 7) is 5.38. The first kappa shape index (κ1) is 21.0. The van der Waals surface area contributed by atoms with Crippen LogP contribution in [0.5, 0.6) is 17.8 Å². The summed E-state index contributed by atoms with van der Waals surface area (Å²) in [4.78, 5) is 8.45. The van der Waals surface area contributed by atoms with Crippen molar-refractivity contribution in [2.24, 2.45) is 0 Å². The fourth-order valence-corrected chi connectivity index (χ4v) is 4.23. The molecule has 1 aromatic carbocycles. The predicted octanol–water partition coefficient (Wildman–Crippen LogP) is 4.41. The smallest absolute Gasteiger partial charge is 0.323 e. The molecule has 164 valence electrons. The highest BCUT2D eigenvalue weighted by atomic mass is 16.5. The van der Waals surface area contributed by atoms with Crippen LogP contribution in [-0.2, 0) is 24.1 Å². The lowest BCUT2D eigenvalue weighted by atomic mass is 9.95. The average Bonchev–Trinajstić information content (AvgIpc) is 3.14. The summed E-state index contributed by atoms with van der Waals surface area (Å²) in [5.74, 6) is 1.53. The summed E-state index contributed by atoms with van der Waals surface area (Å²) < 4.78 is 23.9. The van der Waals surface area contributed by atoms with E-state index in [0.29, 0.717) is 24.1 Å². The Kier molecular flexibility index (Phi) is 6.30. The molecule has 2 aromatic heterocycles. The zero-order valence-corrected chi connectivity index (χ0v) is 18.4. The van der Waals surface area contributed by atoms with E-state index >= 15 is 0 Å². The molecule has 0 amide bonds. The van der Waals surface area contributed by atoms with Gasteiger partial charge in [0, 0.05) is 28.7 Å². The van der Waals surface area contributed by atoms with E-state index in [-0.39, 0.29) is 6.01 Å². The summed E-state index contributed by atoms with van der Waals surface area (Å²) >= 11 is 0. The third-order valence-corrected chi connectivity index (χ3v) is 5.78. The van der Waals surface area contributed by atoms with Gasteiger partial charge in [0.05, 0.1) is 34.0 Å². The molecule has 0 aliphatic heterocycles. The van der Waals surface area contributed by atoms with E-state index in [9.17, 15) is 0 Å². The molecular formula is C24H29N3O4. The molecule has 0 unspecified atom stereocenters. The van der Waals surface area contributed by atoms with Crippen LogP contribution in [0, 0.1) is 0 Å². The molecular weight excluding hydrogens is 394 g/mol. The number of aromatic nitrogens is 3. The number of methoxy groups -OCH3 is 3. The van der Waals surface area contributed by atoms with Gasteiger partial charge in [-0.1, -0.05) is 6.58 Å². The van der Waals surface area contributed by atoms with E-state index in [4.69, 9.17) is 18.9 Å². The molecule has 0 saturated carbocycles. The second-order valence-corrected chi connectivity index (χ2v) is 7.58. The molecule has 1 aliphatic carbocycles. The van der Waals surface area contributed by atoms with E-state index in [1.54, 1.807) is 27.4 Å². The summed E-state index contributed by atoms with van der Waals surface area (Å²) in [7, 11) is 4.77. The molecule has 4 rings (SSSR count). The Labute approximate surface area is 182 Å². The SMILES string of the molecule is C=C(OC)c1ccc2c(c1)c1c(n2CCCOc2nc(OC)cc(OC)n2)CCCC1. The van der Waals surface area contributed by atoms with Gasteiger partial charge in [-0.25, -0.2) is 0 Å². The molecule has 1 aliphatic rings. The monoisotopic (exact) mass is 423 g/mol. The summed E-state index contributed by atoms with van der Waals surface area (Å²) in [5, 5.41) is 1.31. The van der Waals surface area contributed by atoms with Gasteiger partial charge in [0.1, 0.15) is 5.76 Å². The first-order valence-electron chi connectivity index (χ1n) is 10.6. The van der Waals surface area contributed by atoms with Gasteiger partial charge in [0.2, 0.25) is 11.8 Å². The van der Waals surface area contributed by atoms with Gasteiger partial charge in [-0.3, -0.25) is 0 Å². The Morgan fingerprint density at radius 2 is 1.77 bits per heavy atom. The molecule has 0 spiro atoms. The third kappa shape index (κ3) is 4.31. The fourth-order valence-electron chi connectivity index (χ4n) is 4.23. The molecule has 0 bridgehead atoms. The maximum atomic E-state index is 5.79. The van der Waals surface area contributed by atoms with Crippen molar-refractivity contribution in [3.8, 4) is 17.8 Å². The van der Waals surface area contributed by atoms with Crippen LogP contribution in [0.2, 0.25) is 0 Å². The van der Waals surface area contributed by atoms with E-state index in [1.807, 2.05) is 0 Å². The normalized spacial score (nSPS) is 13.0. The molecule has 7 heteroatoms. The topological polar surface area (TPSA) is 67.6 Å². The highest BCUT2D eigenvalue weighted by Gasteiger charge is 2.20. The minimum atomic E-state index is 0.262. The Hall–Kier alpha value is -3.22. The number of benzene rings is 1. The van der Waals surface area contributed by atoms with Crippen LogP contribution in [0.1, 0.15) is 36.1 Å². The second kappa shape index (κ2) is 9.29. The van der Waals surface area contributed by atoms with E-state index < -0.39 is 0 Å². The largest absolute Gasteiger partial charge is 0.497 e. The zero-order chi connectivity index (χ0) is 21.8. The van der Waals surface area contributed by atoms with Crippen LogP contribution in [0.15, 0.2) is 30.8 Å².